The van der Waals surface area contributed by atoms with E-state index in [0.29, 0.717) is 40.9 Å². The van der Waals surface area contributed by atoms with Crippen LogP contribution in [-0.4, -0.2) is 46.4 Å². The van der Waals surface area contributed by atoms with Crippen molar-refractivity contribution in [3.8, 4) is 23.0 Å². The summed E-state index contributed by atoms with van der Waals surface area (Å²) < 4.78 is 27.3. The molecule has 8 heteroatoms. The fraction of sp³-hybridized carbons (Fsp3) is 0.259. The van der Waals surface area contributed by atoms with E-state index in [0.717, 1.165) is 5.56 Å². The lowest BCUT2D eigenvalue weighted by molar-refractivity contribution is -0.147. The molecule has 8 nitrogen and oxygen atoms in total. The Morgan fingerprint density at radius 1 is 0.914 bits per heavy atom. The Kier molecular flexibility index (Phi) is 7.40. The first kappa shape index (κ1) is 23.9. The van der Waals surface area contributed by atoms with E-state index in [4.69, 9.17) is 23.7 Å². The molecule has 0 radical (unpaired) electrons. The Labute approximate surface area is 203 Å². The van der Waals surface area contributed by atoms with Gasteiger partial charge in [0, 0.05) is 0 Å². The van der Waals surface area contributed by atoms with Crippen molar-refractivity contribution in [1.82, 2.24) is 0 Å². The molecule has 1 amide bonds. The number of carbonyl (C=O) groups is 2. The summed E-state index contributed by atoms with van der Waals surface area (Å²) in [5, 5.41) is 0. The summed E-state index contributed by atoms with van der Waals surface area (Å²) in [4.78, 5) is 27.6. The van der Waals surface area contributed by atoms with Crippen molar-refractivity contribution in [3.05, 3.63) is 77.9 Å². The Balaban J connectivity index is 1.49. The molecule has 0 saturated heterocycles. The molecule has 0 bridgehead atoms. The molecule has 4 rings (SSSR count). The molecule has 182 valence electrons. The van der Waals surface area contributed by atoms with E-state index in [1.165, 1.54) is 21.3 Å². The SMILES string of the molecule is COc1cc(CC(=O)OCC(=O)N2c3ccccc3OC[C@@H]2c2ccccc2)cc(OC)c1OC. The number of benzene rings is 3. The average Bonchev–Trinajstić information content (AvgIpc) is 2.90. The second-order valence-electron chi connectivity index (χ2n) is 7.84. The third-order valence-electron chi connectivity index (χ3n) is 5.72. The van der Waals surface area contributed by atoms with Crippen molar-refractivity contribution in [1.29, 1.82) is 0 Å². The van der Waals surface area contributed by atoms with Gasteiger partial charge in [-0.2, -0.15) is 0 Å². The summed E-state index contributed by atoms with van der Waals surface area (Å²) in [6.45, 7) is -0.104. The summed E-state index contributed by atoms with van der Waals surface area (Å²) in [6.07, 6.45) is -0.0637. The lowest BCUT2D eigenvalue weighted by atomic mass is 10.0. The first-order chi connectivity index (χ1) is 17.0. The van der Waals surface area contributed by atoms with Crippen molar-refractivity contribution < 1.29 is 33.3 Å². The number of nitrogens with zero attached hydrogens (tertiary/aromatic N) is 1. The van der Waals surface area contributed by atoms with Gasteiger partial charge in [-0.05, 0) is 35.4 Å². The smallest absolute Gasteiger partial charge is 0.310 e. The molecule has 3 aromatic rings. The average molecular weight is 478 g/mol. The van der Waals surface area contributed by atoms with E-state index in [1.54, 1.807) is 17.0 Å². The number of carbonyl (C=O) groups excluding carboxylic acids is 2. The summed E-state index contributed by atoms with van der Waals surface area (Å²) in [7, 11) is 4.51. The highest BCUT2D eigenvalue weighted by Gasteiger charge is 2.33. The summed E-state index contributed by atoms with van der Waals surface area (Å²) in [5.41, 5.74) is 2.17. The van der Waals surface area contributed by atoms with Gasteiger partial charge < -0.3 is 23.7 Å². The minimum atomic E-state index is -0.551. The monoisotopic (exact) mass is 477 g/mol. The maximum absolute atomic E-state index is 13.3. The van der Waals surface area contributed by atoms with Crippen LogP contribution in [0.1, 0.15) is 17.2 Å². The van der Waals surface area contributed by atoms with Crippen molar-refractivity contribution in [2.45, 2.75) is 12.5 Å². The minimum absolute atomic E-state index is 0.0637. The highest BCUT2D eigenvalue weighted by Crippen LogP contribution is 2.40. The fourth-order valence-corrected chi connectivity index (χ4v) is 4.08. The number of ether oxygens (including phenoxy) is 5. The van der Waals surface area contributed by atoms with E-state index in [2.05, 4.69) is 0 Å². The van der Waals surface area contributed by atoms with Crippen LogP contribution in [0.3, 0.4) is 0 Å². The summed E-state index contributed by atoms with van der Waals surface area (Å²) >= 11 is 0. The van der Waals surface area contributed by atoms with Gasteiger partial charge in [0.25, 0.3) is 5.91 Å². The van der Waals surface area contributed by atoms with Crippen molar-refractivity contribution in [3.63, 3.8) is 0 Å². The Morgan fingerprint density at radius 3 is 2.23 bits per heavy atom. The van der Waals surface area contributed by atoms with E-state index in [-0.39, 0.29) is 18.4 Å². The zero-order chi connectivity index (χ0) is 24.8. The normalized spacial score (nSPS) is 14.4. The molecule has 0 aromatic heterocycles. The molecule has 0 saturated carbocycles. The minimum Gasteiger partial charge on any atom is -0.493 e. The van der Waals surface area contributed by atoms with E-state index in [9.17, 15) is 9.59 Å². The Bertz CT molecular complexity index is 1170. The third kappa shape index (κ3) is 5.16. The summed E-state index contributed by atoms with van der Waals surface area (Å²) in [6, 6.07) is 20.0. The Morgan fingerprint density at radius 2 is 1.57 bits per heavy atom. The molecule has 0 aliphatic carbocycles. The molecule has 1 aliphatic heterocycles. The van der Waals surface area contributed by atoms with Crippen LogP contribution in [0, 0.1) is 0 Å². The van der Waals surface area contributed by atoms with E-state index in [1.807, 2.05) is 54.6 Å². The fourth-order valence-electron chi connectivity index (χ4n) is 4.08. The van der Waals surface area contributed by atoms with Crippen molar-refractivity contribution >= 4 is 17.6 Å². The van der Waals surface area contributed by atoms with Crippen molar-refractivity contribution in [2.24, 2.45) is 0 Å². The topological polar surface area (TPSA) is 83.5 Å². The number of hydrogen-bond donors (Lipinski definition) is 0. The van der Waals surface area contributed by atoms with Crippen LogP contribution in [0.25, 0.3) is 0 Å². The van der Waals surface area contributed by atoms with Crippen LogP contribution in [0.4, 0.5) is 5.69 Å². The van der Waals surface area contributed by atoms with Crippen LogP contribution < -0.4 is 23.8 Å². The van der Waals surface area contributed by atoms with Crippen LogP contribution in [0.15, 0.2) is 66.7 Å². The van der Waals surface area contributed by atoms with Gasteiger partial charge in [-0.1, -0.05) is 42.5 Å². The number of esters is 1. The first-order valence-corrected chi connectivity index (χ1v) is 11.1. The molecule has 3 aromatic carbocycles. The second kappa shape index (κ2) is 10.8. The van der Waals surface area contributed by atoms with Gasteiger partial charge in [-0.3, -0.25) is 14.5 Å². The lowest BCUT2D eigenvalue weighted by Gasteiger charge is -2.37. The predicted octanol–water partition coefficient (Wildman–Crippen LogP) is 3.97. The van der Waals surface area contributed by atoms with Gasteiger partial charge in [0.15, 0.2) is 18.1 Å². The number of amides is 1. The number of anilines is 1. The van der Waals surface area contributed by atoms with Crippen LogP contribution >= 0.6 is 0 Å². The number of para-hydroxylation sites is 2. The van der Waals surface area contributed by atoms with Gasteiger partial charge >= 0.3 is 5.97 Å². The number of rotatable bonds is 8. The molecule has 0 fully saturated rings. The predicted molar refractivity (Wildman–Crippen MR) is 129 cm³/mol. The second-order valence-corrected chi connectivity index (χ2v) is 7.84. The number of methoxy groups -OCH3 is 3. The molecule has 0 N–H and O–H groups in total. The zero-order valence-electron chi connectivity index (χ0n) is 19.9. The van der Waals surface area contributed by atoms with Crippen molar-refractivity contribution in [2.75, 3.05) is 39.4 Å². The standard InChI is InChI=1S/C27H27NO7/c1-31-23-13-18(14-24(32-2)27(23)33-3)15-26(30)35-17-25(29)28-20-11-7-8-12-22(20)34-16-21(28)19-9-5-4-6-10-19/h4-14,21H,15-17H2,1-3H3/t21-/m1/s1. The molecular formula is C27H27NO7. The van der Waals surface area contributed by atoms with Crippen LogP contribution in [-0.2, 0) is 20.7 Å². The van der Waals surface area contributed by atoms with Crippen LogP contribution in [0.2, 0.25) is 0 Å². The largest absolute Gasteiger partial charge is 0.493 e. The zero-order valence-corrected chi connectivity index (χ0v) is 19.9. The lowest BCUT2D eigenvalue weighted by Crippen LogP contribution is -2.43. The van der Waals surface area contributed by atoms with E-state index >= 15 is 0 Å². The Hall–Kier alpha value is -4.20. The number of fused-ring (bicyclic) bond motifs is 1. The molecule has 0 spiro atoms. The molecular weight excluding hydrogens is 450 g/mol. The maximum Gasteiger partial charge on any atom is 0.310 e. The molecule has 1 atom stereocenters. The molecule has 1 aliphatic rings. The van der Waals surface area contributed by atoms with Gasteiger partial charge in [0.05, 0.1) is 39.5 Å². The third-order valence-corrected chi connectivity index (χ3v) is 5.72. The highest BCUT2D eigenvalue weighted by molar-refractivity contribution is 5.97. The molecule has 1 heterocycles. The van der Waals surface area contributed by atoms with E-state index < -0.39 is 12.6 Å². The van der Waals surface area contributed by atoms with Gasteiger partial charge in [0.2, 0.25) is 5.75 Å². The first-order valence-electron chi connectivity index (χ1n) is 11.1. The van der Waals surface area contributed by atoms with Gasteiger partial charge in [-0.25, -0.2) is 0 Å². The molecule has 35 heavy (non-hydrogen) atoms. The maximum atomic E-state index is 13.3. The van der Waals surface area contributed by atoms with Crippen LogP contribution in [0.5, 0.6) is 23.0 Å². The van der Waals surface area contributed by atoms with Gasteiger partial charge in [-0.15, -0.1) is 0 Å². The molecule has 0 unspecified atom stereocenters. The quantitative estimate of drug-likeness (QED) is 0.454. The summed E-state index contributed by atoms with van der Waals surface area (Å²) in [5.74, 6) is 1.01. The number of hydrogen-bond acceptors (Lipinski definition) is 7. The van der Waals surface area contributed by atoms with Gasteiger partial charge in [0.1, 0.15) is 12.4 Å². The highest BCUT2D eigenvalue weighted by atomic mass is 16.5.